The zero-order valence-electron chi connectivity index (χ0n) is 12.5. The number of hydrogen-bond donors (Lipinski definition) is 5. The van der Waals surface area contributed by atoms with Crippen molar-refractivity contribution in [3.05, 3.63) is 29.3 Å². The maximum absolute atomic E-state index is 10.3. The fourth-order valence-corrected chi connectivity index (χ4v) is 4.08. The molecule has 6 N–H and O–H groups in total. The number of anilines is 1. The molecular weight excluding hydrogens is 286 g/mol. The predicted octanol–water partition coefficient (Wildman–Crippen LogP) is 1.54. The third-order valence-corrected chi connectivity index (χ3v) is 5.63. The van der Waals surface area contributed by atoms with Gasteiger partial charge in [0.2, 0.25) is 0 Å². The standard InChI is InChI=1S/C15H25N3O2S/c1-9-13(18-20)7-12(15(19)21-9)6-11-4-3-10(8-16)5-14(11)17-2/h3-5,9,12-13,15,17-20H,6-8,16H2,1-2H3. The second-order valence-electron chi connectivity index (χ2n) is 5.61. The molecule has 1 heterocycles. The zero-order valence-corrected chi connectivity index (χ0v) is 13.4. The van der Waals surface area contributed by atoms with Gasteiger partial charge in [0, 0.05) is 30.6 Å². The number of thioether (sulfide) groups is 1. The molecule has 0 spiro atoms. The number of nitrogens with one attached hydrogen (secondary N) is 2. The first kappa shape index (κ1) is 16.6. The molecule has 1 aliphatic rings. The van der Waals surface area contributed by atoms with E-state index < -0.39 is 5.44 Å². The van der Waals surface area contributed by atoms with Crippen molar-refractivity contribution in [2.45, 2.75) is 43.0 Å². The Hall–Kier alpha value is -0.790. The van der Waals surface area contributed by atoms with Crippen LogP contribution in [0.4, 0.5) is 5.69 Å². The molecule has 0 saturated carbocycles. The molecule has 1 fully saturated rings. The highest BCUT2D eigenvalue weighted by molar-refractivity contribution is 8.00. The second-order valence-corrected chi connectivity index (χ2v) is 7.11. The van der Waals surface area contributed by atoms with Crippen molar-refractivity contribution < 1.29 is 10.3 Å². The molecule has 0 aromatic heterocycles. The van der Waals surface area contributed by atoms with Crippen molar-refractivity contribution in [1.29, 1.82) is 0 Å². The Morgan fingerprint density at radius 2 is 2.19 bits per heavy atom. The average Bonchev–Trinajstić information content (AvgIpc) is 2.50. The third kappa shape index (κ3) is 3.90. The number of hydrogen-bond acceptors (Lipinski definition) is 6. The SMILES string of the molecule is CNc1cc(CN)ccc1CC1CC(NO)C(C)SC1O. The summed E-state index contributed by atoms with van der Waals surface area (Å²) in [5.41, 5.74) is 11.0. The van der Waals surface area contributed by atoms with E-state index in [1.165, 1.54) is 17.3 Å². The van der Waals surface area contributed by atoms with Crippen LogP contribution in [0.1, 0.15) is 24.5 Å². The highest BCUT2D eigenvalue weighted by atomic mass is 32.2. The van der Waals surface area contributed by atoms with Gasteiger partial charge < -0.3 is 21.4 Å². The van der Waals surface area contributed by atoms with Crippen LogP contribution in [-0.2, 0) is 13.0 Å². The van der Waals surface area contributed by atoms with Crippen LogP contribution in [0.25, 0.3) is 0 Å². The van der Waals surface area contributed by atoms with Gasteiger partial charge in [-0.3, -0.25) is 0 Å². The summed E-state index contributed by atoms with van der Waals surface area (Å²) in [4.78, 5) is 0. The number of hydroxylamine groups is 1. The fraction of sp³-hybridized carbons (Fsp3) is 0.600. The maximum Gasteiger partial charge on any atom is 0.103 e. The second kappa shape index (κ2) is 7.47. The van der Waals surface area contributed by atoms with Crippen LogP contribution in [-0.4, -0.2) is 34.1 Å². The minimum atomic E-state index is -0.400. The van der Waals surface area contributed by atoms with E-state index in [1.54, 1.807) is 0 Å². The topological polar surface area (TPSA) is 90.5 Å². The van der Waals surface area contributed by atoms with E-state index >= 15 is 0 Å². The average molecular weight is 311 g/mol. The number of aliphatic hydroxyl groups excluding tert-OH is 1. The minimum absolute atomic E-state index is 0.0183. The Morgan fingerprint density at radius 3 is 2.81 bits per heavy atom. The fourth-order valence-electron chi connectivity index (χ4n) is 2.85. The van der Waals surface area contributed by atoms with Crippen molar-refractivity contribution in [2.24, 2.45) is 11.7 Å². The van der Waals surface area contributed by atoms with Gasteiger partial charge in [-0.05, 0) is 36.0 Å². The number of rotatable bonds is 5. The zero-order chi connectivity index (χ0) is 15.4. The Balaban J connectivity index is 2.13. The number of nitrogens with two attached hydrogens (primary N) is 1. The van der Waals surface area contributed by atoms with E-state index in [2.05, 4.69) is 22.9 Å². The van der Waals surface area contributed by atoms with Crippen LogP contribution in [0.5, 0.6) is 0 Å². The van der Waals surface area contributed by atoms with Crippen molar-refractivity contribution in [3.63, 3.8) is 0 Å². The smallest absolute Gasteiger partial charge is 0.103 e. The van der Waals surface area contributed by atoms with Crippen LogP contribution in [0.15, 0.2) is 18.2 Å². The summed E-state index contributed by atoms with van der Waals surface area (Å²) in [7, 11) is 1.89. The van der Waals surface area contributed by atoms with Gasteiger partial charge in [0.05, 0.1) is 0 Å². The van der Waals surface area contributed by atoms with Crippen molar-refractivity contribution in [1.82, 2.24) is 5.48 Å². The monoisotopic (exact) mass is 311 g/mol. The highest BCUT2D eigenvalue weighted by Gasteiger charge is 2.34. The molecule has 1 aromatic rings. The summed E-state index contributed by atoms with van der Waals surface area (Å²) in [6, 6.07) is 6.18. The van der Waals surface area contributed by atoms with E-state index in [-0.39, 0.29) is 17.2 Å². The molecular formula is C15H25N3O2S. The van der Waals surface area contributed by atoms with Gasteiger partial charge >= 0.3 is 0 Å². The van der Waals surface area contributed by atoms with Crippen LogP contribution >= 0.6 is 11.8 Å². The summed E-state index contributed by atoms with van der Waals surface area (Å²) >= 11 is 1.52. The molecule has 5 nitrogen and oxygen atoms in total. The molecule has 1 aliphatic heterocycles. The Labute approximate surface area is 130 Å². The van der Waals surface area contributed by atoms with Crippen LogP contribution in [0.3, 0.4) is 0 Å². The maximum atomic E-state index is 10.3. The van der Waals surface area contributed by atoms with Gasteiger partial charge in [-0.2, -0.15) is 0 Å². The molecule has 0 bridgehead atoms. The van der Waals surface area contributed by atoms with E-state index in [1.807, 2.05) is 20.0 Å². The summed E-state index contributed by atoms with van der Waals surface area (Å²) < 4.78 is 0. The molecule has 0 radical (unpaired) electrons. The highest BCUT2D eigenvalue weighted by Crippen LogP contribution is 2.37. The summed E-state index contributed by atoms with van der Waals surface area (Å²) in [5, 5.41) is 22.9. The molecule has 4 unspecified atom stereocenters. The molecule has 0 amide bonds. The molecule has 2 rings (SSSR count). The third-order valence-electron chi connectivity index (χ3n) is 4.21. The van der Waals surface area contributed by atoms with Crippen LogP contribution < -0.4 is 16.5 Å². The van der Waals surface area contributed by atoms with E-state index in [9.17, 15) is 10.3 Å². The van der Waals surface area contributed by atoms with Gasteiger partial charge in [0.25, 0.3) is 0 Å². The van der Waals surface area contributed by atoms with Gasteiger partial charge in [-0.1, -0.05) is 19.1 Å². The Morgan fingerprint density at radius 1 is 1.43 bits per heavy atom. The van der Waals surface area contributed by atoms with Crippen molar-refractivity contribution >= 4 is 17.4 Å². The first-order chi connectivity index (χ1) is 10.1. The van der Waals surface area contributed by atoms with Crippen LogP contribution in [0, 0.1) is 5.92 Å². The molecule has 4 atom stereocenters. The van der Waals surface area contributed by atoms with Gasteiger partial charge in [-0.25, -0.2) is 5.48 Å². The van der Waals surface area contributed by atoms with Gasteiger partial charge in [-0.15, -0.1) is 11.8 Å². The minimum Gasteiger partial charge on any atom is -0.388 e. The summed E-state index contributed by atoms with van der Waals surface area (Å²) in [5.74, 6) is 0.117. The number of aliphatic hydroxyl groups is 1. The lowest BCUT2D eigenvalue weighted by Crippen LogP contribution is -2.44. The quantitative estimate of drug-likeness (QED) is 0.530. The Kier molecular flexibility index (Phi) is 5.89. The molecule has 118 valence electrons. The largest absolute Gasteiger partial charge is 0.388 e. The molecule has 0 aliphatic carbocycles. The first-order valence-electron chi connectivity index (χ1n) is 7.31. The van der Waals surface area contributed by atoms with E-state index in [0.29, 0.717) is 6.54 Å². The lowest BCUT2D eigenvalue weighted by atomic mass is 9.90. The van der Waals surface area contributed by atoms with Crippen molar-refractivity contribution in [3.8, 4) is 0 Å². The lowest BCUT2D eigenvalue weighted by molar-refractivity contribution is 0.0873. The van der Waals surface area contributed by atoms with E-state index in [4.69, 9.17) is 5.73 Å². The summed E-state index contributed by atoms with van der Waals surface area (Å²) in [6.45, 7) is 2.54. The molecule has 1 saturated heterocycles. The number of benzene rings is 1. The molecule has 1 aromatic carbocycles. The van der Waals surface area contributed by atoms with Gasteiger partial charge in [0.15, 0.2) is 0 Å². The van der Waals surface area contributed by atoms with Gasteiger partial charge in [0.1, 0.15) is 5.44 Å². The normalized spacial score (nSPS) is 29.4. The van der Waals surface area contributed by atoms with E-state index in [0.717, 1.165) is 24.1 Å². The first-order valence-corrected chi connectivity index (χ1v) is 8.26. The Bertz CT molecular complexity index is 472. The van der Waals surface area contributed by atoms with Crippen molar-refractivity contribution in [2.75, 3.05) is 12.4 Å². The molecule has 6 heteroatoms. The summed E-state index contributed by atoms with van der Waals surface area (Å²) in [6.07, 6.45) is 1.54. The predicted molar refractivity (Wildman–Crippen MR) is 87.5 cm³/mol. The molecule has 21 heavy (non-hydrogen) atoms. The van der Waals surface area contributed by atoms with Crippen LogP contribution in [0.2, 0.25) is 0 Å². The lowest BCUT2D eigenvalue weighted by Gasteiger charge is -2.36.